The molecule has 0 fully saturated rings. The summed E-state index contributed by atoms with van der Waals surface area (Å²) < 4.78 is 0. The number of rotatable bonds is 6. The van der Waals surface area contributed by atoms with Gasteiger partial charge in [0.05, 0.1) is 24.1 Å². The van der Waals surface area contributed by atoms with Gasteiger partial charge in [-0.3, -0.25) is 14.9 Å². The molecule has 1 rings (SSSR count). The summed E-state index contributed by atoms with van der Waals surface area (Å²) in [5.41, 5.74) is 0.603. The number of aliphatic hydroxyl groups is 2. The zero-order valence-electron chi connectivity index (χ0n) is 9.57. The van der Waals surface area contributed by atoms with Crippen LogP contribution in [0.4, 0.5) is 5.69 Å². The smallest absolute Gasteiger partial charge is 0.269 e. The van der Waals surface area contributed by atoms with E-state index in [9.17, 15) is 14.9 Å². The van der Waals surface area contributed by atoms with Crippen LogP contribution in [-0.2, 0) is 11.2 Å². The fourth-order valence-electron chi connectivity index (χ4n) is 1.28. The number of carbonyl (C=O) groups excluding carboxylic acids is 1. The van der Waals surface area contributed by atoms with Gasteiger partial charge in [0, 0.05) is 18.7 Å². The number of nitrogens with zero attached hydrogens (tertiary/aromatic N) is 1. The number of hydrogen-bond donors (Lipinski definition) is 3. The maximum Gasteiger partial charge on any atom is 0.269 e. The summed E-state index contributed by atoms with van der Waals surface area (Å²) in [6.45, 7) is -0.444. The van der Waals surface area contributed by atoms with Gasteiger partial charge in [0.15, 0.2) is 0 Å². The normalized spacial score (nSPS) is 11.9. The van der Waals surface area contributed by atoms with Crippen LogP contribution in [0, 0.1) is 10.1 Å². The highest BCUT2D eigenvalue weighted by atomic mass is 16.6. The lowest BCUT2D eigenvalue weighted by molar-refractivity contribution is -0.384. The Balaban J connectivity index is 2.47. The Morgan fingerprint density at radius 1 is 1.39 bits per heavy atom. The molecule has 0 aliphatic heterocycles. The van der Waals surface area contributed by atoms with Gasteiger partial charge < -0.3 is 15.5 Å². The molecular weight excluding hydrogens is 240 g/mol. The largest absolute Gasteiger partial charge is 0.394 e. The predicted molar refractivity (Wildman–Crippen MR) is 62.9 cm³/mol. The number of aliphatic hydroxyl groups excluding tert-OH is 2. The van der Waals surface area contributed by atoms with E-state index < -0.39 is 17.6 Å². The number of hydrogen-bond acceptors (Lipinski definition) is 5. The molecule has 1 unspecified atom stereocenters. The molecule has 0 aliphatic rings. The van der Waals surface area contributed by atoms with E-state index in [1.54, 1.807) is 0 Å². The van der Waals surface area contributed by atoms with Gasteiger partial charge in [-0.2, -0.15) is 0 Å². The average Bonchev–Trinajstić information content (AvgIpc) is 2.36. The summed E-state index contributed by atoms with van der Waals surface area (Å²) in [5, 5.41) is 30.4. The molecule has 1 amide bonds. The SMILES string of the molecule is O=C(Cc1ccc([N+](=O)[O-])cc1)NCC(O)CO. The summed E-state index contributed by atoms with van der Waals surface area (Å²) >= 11 is 0. The van der Waals surface area contributed by atoms with Crippen LogP contribution in [0.15, 0.2) is 24.3 Å². The van der Waals surface area contributed by atoms with E-state index in [1.165, 1.54) is 24.3 Å². The number of carbonyl (C=O) groups is 1. The van der Waals surface area contributed by atoms with Gasteiger partial charge in [0.1, 0.15) is 0 Å². The second-order valence-electron chi connectivity index (χ2n) is 3.74. The summed E-state index contributed by atoms with van der Waals surface area (Å²) in [5.74, 6) is -0.323. The Kier molecular flexibility index (Phi) is 5.22. The monoisotopic (exact) mass is 254 g/mol. The Bertz CT molecular complexity index is 418. The van der Waals surface area contributed by atoms with E-state index in [0.29, 0.717) is 5.56 Å². The van der Waals surface area contributed by atoms with Crippen LogP contribution in [-0.4, -0.2) is 40.3 Å². The maximum atomic E-state index is 11.4. The summed E-state index contributed by atoms with van der Waals surface area (Å²) in [6.07, 6.45) is -0.915. The molecule has 7 nitrogen and oxygen atoms in total. The molecule has 0 aromatic heterocycles. The van der Waals surface area contributed by atoms with E-state index in [-0.39, 0.29) is 24.6 Å². The molecule has 0 saturated carbocycles. The van der Waals surface area contributed by atoms with Gasteiger partial charge in [0.2, 0.25) is 5.91 Å². The van der Waals surface area contributed by atoms with Crippen molar-refractivity contribution in [3.05, 3.63) is 39.9 Å². The third-order valence-corrected chi connectivity index (χ3v) is 2.26. The minimum absolute atomic E-state index is 0.0255. The molecule has 3 N–H and O–H groups in total. The summed E-state index contributed by atoms with van der Waals surface area (Å²) in [4.78, 5) is 21.3. The lowest BCUT2D eigenvalue weighted by Gasteiger charge is -2.08. The van der Waals surface area contributed by atoms with Crippen molar-refractivity contribution in [2.24, 2.45) is 0 Å². The lowest BCUT2D eigenvalue weighted by atomic mass is 10.1. The van der Waals surface area contributed by atoms with Crippen LogP contribution in [0.1, 0.15) is 5.56 Å². The molecule has 1 aromatic rings. The molecular formula is C11H14N2O5. The number of amides is 1. The number of non-ortho nitro benzene ring substituents is 1. The Hall–Kier alpha value is -1.99. The van der Waals surface area contributed by atoms with Crippen LogP contribution in [0.25, 0.3) is 0 Å². The van der Waals surface area contributed by atoms with Crippen molar-refractivity contribution in [3.63, 3.8) is 0 Å². The van der Waals surface area contributed by atoms with Crippen molar-refractivity contribution >= 4 is 11.6 Å². The quantitative estimate of drug-likeness (QED) is 0.472. The zero-order valence-corrected chi connectivity index (χ0v) is 9.57. The molecule has 1 atom stereocenters. The molecule has 18 heavy (non-hydrogen) atoms. The van der Waals surface area contributed by atoms with Crippen molar-refractivity contribution in [3.8, 4) is 0 Å². The topological polar surface area (TPSA) is 113 Å². The van der Waals surface area contributed by atoms with Crippen LogP contribution in [0.3, 0.4) is 0 Å². The number of benzene rings is 1. The van der Waals surface area contributed by atoms with Crippen LogP contribution >= 0.6 is 0 Å². The van der Waals surface area contributed by atoms with Crippen LogP contribution in [0.5, 0.6) is 0 Å². The highest BCUT2D eigenvalue weighted by Crippen LogP contribution is 2.12. The van der Waals surface area contributed by atoms with Crippen molar-refractivity contribution in [1.29, 1.82) is 0 Å². The molecule has 7 heteroatoms. The second kappa shape index (κ2) is 6.67. The minimum Gasteiger partial charge on any atom is -0.394 e. The third-order valence-electron chi connectivity index (χ3n) is 2.26. The van der Waals surface area contributed by atoms with Gasteiger partial charge in [-0.1, -0.05) is 12.1 Å². The van der Waals surface area contributed by atoms with Crippen LogP contribution < -0.4 is 5.32 Å². The van der Waals surface area contributed by atoms with Crippen molar-refractivity contribution in [2.45, 2.75) is 12.5 Å². The fraction of sp³-hybridized carbons (Fsp3) is 0.364. The van der Waals surface area contributed by atoms with E-state index >= 15 is 0 Å². The second-order valence-corrected chi connectivity index (χ2v) is 3.74. The Labute approximate surface area is 103 Å². The van der Waals surface area contributed by atoms with E-state index in [0.717, 1.165) is 0 Å². The highest BCUT2D eigenvalue weighted by molar-refractivity contribution is 5.78. The van der Waals surface area contributed by atoms with Gasteiger partial charge >= 0.3 is 0 Å². The first kappa shape index (κ1) is 14.1. The van der Waals surface area contributed by atoms with E-state index in [1.807, 2.05) is 0 Å². The van der Waals surface area contributed by atoms with Crippen molar-refractivity contribution in [1.82, 2.24) is 5.32 Å². The van der Waals surface area contributed by atoms with Gasteiger partial charge in [-0.15, -0.1) is 0 Å². The average molecular weight is 254 g/mol. The number of nitro groups is 1. The summed E-state index contributed by atoms with van der Waals surface area (Å²) in [7, 11) is 0. The van der Waals surface area contributed by atoms with Gasteiger partial charge in [-0.05, 0) is 5.56 Å². The van der Waals surface area contributed by atoms with Crippen molar-refractivity contribution in [2.75, 3.05) is 13.2 Å². The van der Waals surface area contributed by atoms with E-state index in [4.69, 9.17) is 10.2 Å². The Morgan fingerprint density at radius 3 is 2.50 bits per heavy atom. The molecule has 0 radical (unpaired) electrons. The first-order chi connectivity index (χ1) is 8.52. The minimum atomic E-state index is -0.981. The molecule has 0 spiro atoms. The molecule has 0 bridgehead atoms. The lowest BCUT2D eigenvalue weighted by Crippen LogP contribution is -2.34. The fourth-order valence-corrected chi connectivity index (χ4v) is 1.28. The highest BCUT2D eigenvalue weighted by Gasteiger charge is 2.08. The molecule has 0 saturated heterocycles. The predicted octanol–water partition coefficient (Wildman–Crippen LogP) is -0.393. The van der Waals surface area contributed by atoms with Gasteiger partial charge in [-0.25, -0.2) is 0 Å². The standard InChI is InChI=1S/C11H14N2O5/c14-7-10(15)6-12-11(16)5-8-1-3-9(4-2-8)13(17)18/h1-4,10,14-15H,5-7H2,(H,12,16). The van der Waals surface area contributed by atoms with Crippen LogP contribution in [0.2, 0.25) is 0 Å². The maximum absolute atomic E-state index is 11.4. The molecule has 1 aromatic carbocycles. The first-order valence-corrected chi connectivity index (χ1v) is 5.32. The molecule has 0 heterocycles. The Morgan fingerprint density at radius 2 is 2.00 bits per heavy atom. The van der Waals surface area contributed by atoms with E-state index in [2.05, 4.69) is 5.32 Å². The van der Waals surface area contributed by atoms with Gasteiger partial charge in [0.25, 0.3) is 5.69 Å². The molecule has 0 aliphatic carbocycles. The summed E-state index contributed by atoms with van der Waals surface area (Å²) in [6, 6.07) is 5.65. The first-order valence-electron chi connectivity index (χ1n) is 5.32. The number of nitro benzene ring substituents is 1. The third kappa shape index (κ3) is 4.48. The molecule has 98 valence electrons. The zero-order chi connectivity index (χ0) is 13.5. The van der Waals surface area contributed by atoms with Crippen molar-refractivity contribution < 1.29 is 19.9 Å². The number of nitrogens with one attached hydrogen (secondary N) is 1.